The first kappa shape index (κ1) is 39.6. The number of hydrogen-bond donors (Lipinski definition) is 0. The maximum atomic E-state index is 6.74. The van der Waals surface area contributed by atoms with Crippen LogP contribution in [0.5, 0.6) is 0 Å². The molecule has 4 nitrogen and oxygen atoms in total. The average Bonchev–Trinajstić information content (AvgIpc) is 4.03. The number of hydrogen-bond acceptors (Lipinski definition) is 4. The molecule has 0 bridgehead atoms. The second-order valence-corrected chi connectivity index (χ2v) is 18.7. The van der Waals surface area contributed by atoms with Gasteiger partial charge in [0.2, 0.25) is 0 Å². The molecule has 15 rings (SSSR count). The van der Waals surface area contributed by atoms with Crippen molar-refractivity contribution >= 4 is 78.0 Å². The van der Waals surface area contributed by atoms with E-state index in [1.165, 1.54) is 33.4 Å². The molecule has 71 heavy (non-hydrogen) atoms. The van der Waals surface area contributed by atoms with Gasteiger partial charge in [-0.05, 0) is 111 Å². The van der Waals surface area contributed by atoms with Crippen LogP contribution < -0.4 is 9.80 Å². The molecule has 0 aliphatic carbocycles. The summed E-state index contributed by atoms with van der Waals surface area (Å²) < 4.78 is 13.2. The zero-order valence-corrected chi connectivity index (χ0v) is 38.5. The molecule has 1 spiro atoms. The first-order valence-corrected chi connectivity index (χ1v) is 24.3. The third-order valence-corrected chi connectivity index (χ3v) is 15.1. The van der Waals surface area contributed by atoms with Crippen LogP contribution >= 0.6 is 0 Å². The summed E-state index contributed by atoms with van der Waals surface area (Å²) in [6, 6.07) is 92.5. The Labute approximate surface area is 410 Å². The maximum Gasteiger partial charge on any atom is 0.143 e. The summed E-state index contributed by atoms with van der Waals surface area (Å²) in [7, 11) is 0. The molecular formula is C67H42N2O2. The van der Waals surface area contributed by atoms with Gasteiger partial charge in [0.1, 0.15) is 22.3 Å². The third-order valence-electron chi connectivity index (χ3n) is 15.1. The number of para-hydroxylation sites is 7. The molecule has 0 amide bonds. The molecule has 0 fully saturated rings. The van der Waals surface area contributed by atoms with Crippen LogP contribution in [0.1, 0.15) is 22.3 Å². The fraction of sp³-hybridized carbons (Fsp3) is 0.0149. The van der Waals surface area contributed by atoms with Crippen molar-refractivity contribution in [2.75, 3.05) is 9.80 Å². The SMILES string of the molecule is c1ccc(-c2ccc(N3c4ccccc4C4(c5ccccc5N(c5ccc(-c6cccc7c6oc6ccccc67)cc5)c5ccccc54)c4cc(-c5cccc6c5oc5ccccc56)ccc43)cc2)cc1. The highest BCUT2D eigenvalue weighted by Gasteiger charge is 2.52. The van der Waals surface area contributed by atoms with Gasteiger partial charge in [-0.2, -0.15) is 0 Å². The van der Waals surface area contributed by atoms with Crippen molar-refractivity contribution in [1.82, 2.24) is 0 Å². The molecular weight excluding hydrogens is 865 g/mol. The Bertz CT molecular complexity index is 4190. The lowest BCUT2D eigenvalue weighted by Crippen LogP contribution is -2.42. The van der Waals surface area contributed by atoms with Crippen molar-refractivity contribution in [3.05, 3.63) is 277 Å². The van der Waals surface area contributed by atoms with Crippen LogP contribution in [0, 0.1) is 0 Å². The Morgan fingerprint density at radius 3 is 1.20 bits per heavy atom. The summed E-state index contributed by atoms with van der Waals surface area (Å²) in [5.41, 5.74) is 21.1. The molecule has 0 saturated carbocycles. The molecule has 2 aromatic heterocycles. The molecule has 2 aliphatic rings. The van der Waals surface area contributed by atoms with E-state index in [1.54, 1.807) is 0 Å². The zero-order chi connectivity index (χ0) is 46.6. The summed E-state index contributed by atoms with van der Waals surface area (Å²) in [4.78, 5) is 4.92. The normalized spacial score (nSPS) is 13.4. The second kappa shape index (κ2) is 15.3. The fourth-order valence-electron chi connectivity index (χ4n) is 12.0. The molecule has 2 aliphatic heterocycles. The molecule has 13 aromatic rings. The number of fused-ring (bicyclic) bond motifs is 14. The van der Waals surface area contributed by atoms with E-state index in [9.17, 15) is 0 Å². The maximum absolute atomic E-state index is 6.74. The molecule has 0 unspecified atom stereocenters. The minimum absolute atomic E-state index is 0.731. The molecule has 0 saturated heterocycles. The Hall–Kier alpha value is -9.38. The van der Waals surface area contributed by atoms with E-state index in [2.05, 4.69) is 246 Å². The van der Waals surface area contributed by atoms with Crippen LogP contribution in [-0.4, -0.2) is 0 Å². The molecule has 0 radical (unpaired) electrons. The van der Waals surface area contributed by atoms with Crippen molar-refractivity contribution in [2.45, 2.75) is 5.41 Å². The zero-order valence-electron chi connectivity index (χ0n) is 38.5. The largest absolute Gasteiger partial charge is 0.455 e. The van der Waals surface area contributed by atoms with Crippen LogP contribution in [0.25, 0.3) is 77.3 Å². The molecule has 4 heterocycles. The topological polar surface area (TPSA) is 32.8 Å². The van der Waals surface area contributed by atoms with E-state index in [0.717, 1.165) is 100 Å². The fourth-order valence-corrected chi connectivity index (χ4v) is 12.0. The second-order valence-electron chi connectivity index (χ2n) is 18.7. The van der Waals surface area contributed by atoms with Gasteiger partial charge < -0.3 is 18.6 Å². The van der Waals surface area contributed by atoms with E-state index >= 15 is 0 Å². The van der Waals surface area contributed by atoms with E-state index in [1.807, 2.05) is 18.2 Å². The minimum atomic E-state index is -0.731. The molecule has 332 valence electrons. The molecule has 4 heteroatoms. The Kier molecular flexibility index (Phi) is 8.54. The lowest BCUT2D eigenvalue weighted by atomic mass is 9.60. The summed E-state index contributed by atoms with van der Waals surface area (Å²) in [6.07, 6.45) is 0. The van der Waals surface area contributed by atoms with Gasteiger partial charge in [-0.25, -0.2) is 0 Å². The number of rotatable bonds is 5. The number of furan rings is 2. The molecule has 0 atom stereocenters. The van der Waals surface area contributed by atoms with Gasteiger partial charge in [0.05, 0.1) is 28.2 Å². The Balaban J connectivity index is 0.957. The van der Waals surface area contributed by atoms with Crippen LogP contribution in [0.4, 0.5) is 34.1 Å². The number of anilines is 6. The monoisotopic (exact) mass is 906 g/mol. The minimum Gasteiger partial charge on any atom is -0.455 e. The molecule has 0 N–H and O–H groups in total. The standard InChI is InChI=1S/C67H42N2O2/c1-2-16-43(17-3-1)44-32-37-47(38-33-44)69-61-29-11-8-26-57(61)67(58-42-46(36-41-62(58)69)50-21-15-23-54-52-19-5-13-31-64(52)71-66(50)54)55-24-6-9-27-59(55)68(60-28-10-7-25-56(60)67)48-39-34-45(35-40-48)49-20-14-22-53-51-18-4-12-30-63(51)70-65(49)53/h1-42H. The smallest absolute Gasteiger partial charge is 0.143 e. The summed E-state index contributed by atoms with van der Waals surface area (Å²) in [5.74, 6) is 0. The van der Waals surface area contributed by atoms with Crippen LogP contribution in [0.3, 0.4) is 0 Å². The molecule has 11 aromatic carbocycles. The highest BCUT2D eigenvalue weighted by Crippen LogP contribution is 2.64. The summed E-state index contributed by atoms with van der Waals surface area (Å²) >= 11 is 0. The van der Waals surface area contributed by atoms with Gasteiger partial charge in [-0.3, -0.25) is 0 Å². The van der Waals surface area contributed by atoms with Crippen molar-refractivity contribution in [2.24, 2.45) is 0 Å². The summed E-state index contributed by atoms with van der Waals surface area (Å²) in [6.45, 7) is 0. The van der Waals surface area contributed by atoms with Crippen molar-refractivity contribution in [1.29, 1.82) is 0 Å². The van der Waals surface area contributed by atoms with E-state index in [0.29, 0.717) is 0 Å². The Morgan fingerprint density at radius 2 is 0.662 bits per heavy atom. The van der Waals surface area contributed by atoms with Crippen LogP contribution in [0.15, 0.2) is 264 Å². The predicted molar refractivity (Wildman–Crippen MR) is 292 cm³/mol. The van der Waals surface area contributed by atoms with Gasteiger partial charge in [-0.1, -0.05) is 188 Å². The highest BCUT2D eigenvalue weighted by atomic mass is 16.3. The Morgan fingerprint density at radius 1 is 0.268 bits per heavy atom. The van der Waals surface area contributed by atoms with Crippen LogP contribution in [0.2, 0.25) is 0 Å². The first-order chi connectivity index (χ1) is 35.2. The van der Waals surface area contributed by atoms with Gasteiger partial charge in [0.25, 0.3) is 0 Å². The van der Waals surface area contributed by atoms with E-state index in [4.69, 9.17) is 8.83 Å². The van der Waals surface area contributed by atoms with Gasteiger partial charge in [0, 0.05) is 44.0 Å². The highest BCUT2D eigenvalue weighted by molar-refractivity contribution is 6.11. The van der Waals surface area contributed by atoms with Crippen molar-refractivity contribution in [3.63, 3.8) is 0 Å². The van der Waals surface area contributed by atoms with E-state index < -0.39 is 5.41 Å². The quantitative estimate of drug-likeness (QED) is 0.172. The number of nitrogens with zero attached hydrogens (tertiary/aromatic N) is 2. The van der Waals surface area contributed by atoms with Crippen molar-refractivity contribution in [3.8, 4) is 33.4 Å². The van der Waals surface area contributed by atoms with Gasteiger partial charge in [-0.15, -0.1) is 0 Å². The van der Waals surface area contributed by atoms with E-state index in [-0.39, 0.29) is 0 Å². The lowest BCUT2D eigenvalue weighted by Gasteiger charge is -2.51. The predicted octanol–water partition coefficient (Wildman–Crippen LogP) is 18.4. The first-order valence-electron chi connectivity index (χ1n) is 24.3. The van der Waals surface area contributed by atoms with Gasteiger partial charge in [0.15, 0.2) is 0 Å². The third kappa shape index (κ3) is 5.73. The van der Waals surface area contributed by atoms with Gasteiger partial charge >= 0.3 is 0 Å². The van der Waals surface area contributed by atoms with Crippen LogP contribution in [-0.2, 0) is 5.41 Å². The van der Waals surface area contributed by atoms with Crippen molar-refractivity contribution < 1.29 is 8.83 Å². The average molecular weight is 907 g/mol. The lowest BCUT2D eigenvalue weighted by molar-refractivity contribution is 0.669. The number of benzene rings is 11. The summed E-state index contributed by atoms with van der Waals surface area (Å²) in [5, 5.41) is 4.48.